The molecule has 0 unspecified atom stereocenters. The molecule has 1 aromatic carbocycles. The number of nitrogens with zero attached hydrogens (tertiary/aromatic N) is 2. The van der Waals surface area contributed by atoms with Crippen LogP contribution in [0.4, 0.5) is 0 Å². The summed E-state index contributed by atoms with van der Waals surface area (Å²) >= 11 is 1.53. The van der Waals surface area contributed by atoms with E-state index in [1.807, 2.05) is 55.9 Å². The van der Waals surface area contributed by atoms with Crippen molar-refractivity contribution in [3.05, 3.63) is 62.6 Å². The smallest absolute Gasteiger partial charge is 0.259 e. The molecule has 0 saturated heterocycles. The van der Waals surface area contributed by atoms with E-state index in [2.05, 4.69) is 15.3 Å². The SMILES string of the molecule is Cc1sc2nc(CCNC(=O)c3cn(C)c4ccccc34)[nH]c(=O)c2c1C. The lowest BCUT2D eigenvalue weighted by molar-refractivity contribution is 0.0955. The number of amides is 1. The fraction of sp³-hybridized carbons (Fsp3) is 0.250. The molecule has 0 aliphatic heterocycles. The predicted molar refractivity (Wildman–Crippen MR) is 109 cm³/mol. The number of thiophene rings is 1. The molecule has 0 radical (unpaired) electrons. The maximum Gasteiger partial charge on any atom is 0.259 e. The van der Waals surface area contributed by atoms with Crippen LogP contribution in [-0.2, 0) is 13.5 Å². The number of rotatable bonds is 4. The lowest BCUT2D eigenvalue weighted by Crippen LogP contribution is -2.26. The lowest BCUT2D eigenvalue weighted by atomic mass is 10.1. The fourth-order valence-corrected chi connectivity index (χ4v) is 4.38. The second kappa shape index (κ2) is 6.66. The van der Waals surface area contributed by atoms with E-state index < -0.39 is 0 Å². The zero-order valence-electron chi connectivity index (χ0n) is 15.4. The topological polar surface area (TPSA) is 79.8 Å². The zero-order chi connectivity index (χ0) is 19.1. The average molecular weight is 380 g/mol. The van der Waals surface area contributed by atoms with E-state index in [4.69, 9.17) is 0 Å². The molecule has 0 aliphatic rings. The number of aryl methyl sites for hydroxylation is 3. The summed E-state index contributed by atoms with van der Waals surface area (Å²) in [6.07, 6.45) is 2.31. The Morgan fingerprint density at radius 1 is 1.30 bits per heavy atom. The molecule has 2 N–H and O–H groups in total. The Bertz CT molecular complexity index is 1230. The van der Waals surface area contributed by atoms with Gasteiger partial charge < -0.3 is 14.9 Å². The van der Waals surface area contributed by atoms with Gasteiger partial charge in [0.2, 0.25) is 0 Å². The molecule has 0 bridgehead atoms. The molecule has 0 aliphatic carbocycles. The van der Waals surface area contributed by atoms with Gasteiger partial charge in [0.15, 0.2) is 0 Å². The number of hydrogen-bond donors (Lipinski definition) is 2. The van der Waals surface area contributed by atoms with Crippen LogP contribution in [0.1, 0.15) is 26.6 Å². The van der Waals surface area contributed by atoms with Gasteiger partial charge in [-0.2, -0.15) is 0 Å². The molecule has 138 valence electrons. The molecule has 4 rings (SSSR count). The summed E-state index contributed by atoms with van der Waals surface area (Å²) in [4.78, 5) is 34.1. The molecule has 3 aromatic heterocycles. The number of nitrogens with one attached hydrogen (secondary N) is 2. The Hall–Kier alpha value is -2.93. The van der Waals surface area contributed by atoms with E-state index in [1.165, 1.54) is 11.3 Å². The Labute approximate surface area is 159 Å². The van der Waals surface area contributed by atoms with E-state index in [0.717, 1.165) is 26.2 Å². The van der Waals surface area contributed by atoms with Crippen LogP contribution in [0.5, 0.6) is 0 Å². The van der Waals surface area contributed by atoms with Crippen molar-refractivity contribution in [1.82, 2.24) is 19.9 Å². The van der Waals surface area contributed by atoms with Gasteiger partial charge in [0.05, 0.1) is 10.9 Å². The first-order valence-corrected chi connectivity index (χ1v) is 9.58. The second-order valence-corrected chi connectivity index (χ2v) is 7.86. The van der Waals surface area contributed by atoms with Crippen molar-refractivity contribution in [1.29, 1.82) is 0 Å². The van der Waals surface area contributed by atoms with Crippen molar-refractivity contribution in [3.63, 3.8) is 0 Å². The van der Waals surface area contributed by atoms with Gasteiger partial charge in [-0.3, -0.25) is 9.59 Å². The van der Waals surface area contributed by atoms with Crippen LogP contribution >= 0.6 is 11.3 Å². The van der Waals surface area contributed by atoms with Gasteiger partial charge in [0.25, 0.3) is 11.5 Å². The van der Waals surface area contributed by atoms with Gasteiger partial charge in [-0.15, -0.1) is 11.3 Å². The number of para-hydroxylation sites is 1. The minimum Gasteiger partial charge on any atom is -0.352 e. The quantitative estimate of drug-likeness (QED) is 0.571. The number of aromatic amines is 1. The number of carbonyl (C=O) groups is 1. The van der Waals surface area contributed by atoms with Crippen molar-refractivity contribution in [2.24, 2.45) is 7.05 Å². The third kappa shape index (κ3) is 3.04. The van der Waals surface area contributed by atoms with E-state index in [-0.39, 0.29) is 11.5 Å². The summed E-state index contributed by atoms with van der Waals surface area (Å²) in [6, 6.07) is 7.81. The first-order valence-electron chi connectivity index (χ1n) is 8.77. The number of carbonyl (C=O) groups excluding carboxylic acids is 1. The fourth-order valence-electron chi connectivity index (χ4n) is 3.33. The van der Waals surface area contributed by atoms with E-state index in [0.29, 0.717) is 29.7 Å². The number of fused-ring (bicyclic) bond motifs is 2. The first kappa shape index (κ1) is 17.5. The van der Waals surface area contributed by atoms with E-state index >= 15 is 0 Å². The minimum atomic E-state index is -0.127. The molecule has 0 saturated carbocycles. The van der Waals surface area contributed by atoms with Crippen molar-refractivity contribution < 1.29 is 4.79 Å². The van der Waals surface area contributed by atoms with Gasteiger partial charge in [-0.25, -0.2) is 4.98 Å². The largest absolute Gasteiger partial charge is 0.352 e. The summed E-state index contributed by atoms with van der Waals surface area (Å²) in [7, 11) is 1.92. The summed E-state index contributed by atoms with van der Waals surface area (Å²) in [5.74, 6) is 0.463. The maximum atomic E-state index is 12.6. The Kier molecular flexibility index (Phi) is 4.31. The first-order chi connectivity index (χ1) is 13.0. The summed E-state index contributed by atoms with van der Waals surface area (Å²) in [5, 5.41) is 4.52. The van der Waals surface area contributed by atoms with Crippen LogP contribution in [0.3, 0.4) is 0 Å². The average Bonchev–Trinajstić information content (AvgIpc) is 3.12. The summed E-state index contributed by atoms with van der Waals surface area (Å²) < 4.78 is 1.94. The predicted octanol–water partition coefficient (Wildman–Crippen LogP) is 3.07. The highest BCUT2D eigenvalue weighted by Gasteiger charge is 2.14. The Balaban J connectivity index is 1.50. The number of benzene rings is 1. The van der Waals surface area contributed by atoms with Crippen LogP contribution in [0.25, 0.3) is 21.1 Å². The lowest BCUT2D eigenvalue weighted by Gasteiger charge is -2.04. The summed E-state index contributed by atoms with van der Waals surface area (Å²) in [6.45, 7) is 4.33. The molecule has 1 amide bonds. The van der Waals surface area contributed by atoms with Crippen molar-refractivity contribution in [3.8, 4) is 0 Å². The van der Waals surface area contributed by atoms with Crippen LogP contribution in [0.15, 0.2) is 35.3 Å². The maximum absolute atomic E-state index is 12.6. The molecule has 0 spiro atoms. The van der Waals surface area contributed by atoms with Crippen LogP contribution < -0.4 is 10.9 Å². The minimum absolute atomic E-state index is 0.114. The van der Waals surface area contributed by atoms with Crippen molar-refractivity contribution in [2.75, 3.05) is 6.54 Å². The number of hydrogen-bond acceptors (Lipinski definition) is 4. The zero-order valence-corrected chi connectivity index (χ0v) is 16.2. The van der Waals surface area contributed by atoms with E-state index in [9.17, 15) is 9.59 Å². The third-order valence-corrected chi connectivity index (χ3v) is 5.98. The summed E-state index contributed by atoms with van der Waals surface area (Å²) in [5.41, 5.74) is 2.54. The van der Waals surface area contributed by atoms with Crippen LogP contribution in [0.2, 0.25) is 0 Å². The third-order valence-electron chi connectivity index (χ3n) is 4.88. The van der Waals surface area contributed by atoms with Crippen LogP contribution in [0, 0.1) is 13.8 Å². The van der Waals surface area contributed by atoms with Crippen molar-refractivity contribution >= 4 is 38.4 Å². The van der Waals surface area contributed by atoms with Gasteiger partial charge in [0.1, 0.15) is 10.7 Å². The Morgan fingerprint density at radius 3 is 2.89 bits per heavy atom. The number of aromatic nitrogens is 3. The normalized spacial score (nSPS) is 11.4. The van der Waals surface area contributed by atoms with Crippen molar-refractivity contribution in [2.45, 2.75) is 20.3 Å². The van der Waals surface area contributed by atoms with Gasteiger partial charge in [-0.05, 0) is 25.5 Å². The molecule has 4 aromatic rings. The monoisotopic (exact) mass is 380 g/mol. The highest BCUT2D eigenvalue weighted by molar-refractivity contribution is 7.18. The van der Waals surface area contributed by atoms with Gasteiger partial charge in [0, 0.05) is 42.0 Å². The number of H-pyrrole nitrogens is 1. The highest BCUT2D eigenvalue weighted by atomic mass is 32.1. The van der Waals surface area contributed by atoms with Crippen LogP contribution in [-0.4, -0.2) is 27.0 Å². The van der Waals surface area contributed by atoms with Gasteiger partial charge >= 0.3 is 0 Å². The molecule has 27 heavy (non-hydrogen) atoms. The molecular formula is C20H20N4O2S. The standard InChI is InChI=1S/C20H20N4O2S/c1-11-12(2)27-20-17(11)19(26)22-16(23-20)8-9-21-18(25)14-10-24(3)15-7-5-4-6-13(14)15/h4-7,10H,8-9H2,1-3H3,(H,21,25)(H,22,23,26). The molecule has 3 heterocycles. The molecule has 0 fully saturated rings. The molecule has 0 atom stereocenters. The molecule has 7 heteroatoms. The highest BCUT2D eigenvalue weighted by Crippen LogP contribution is 2.25. The van der Waals surface area contributed by atoms with E-state index in [1.54, 1.807) is 0 Å². The Morgan fingerprint density at radius 2 is 2.07 bits per heavy atom. The molecule has 6 nitrogen and oxygen atoms in total. The van der Waals surface area contributed by atoms with Gasteiger partial charge in [-0.1, -0.05) is 18.2 Å². The second-order valence-electron chi connectivity index (χ2n) is 6.65. The molecular weight excluding hydrogens is 360 g/mol.